The number of ether oxygens (including phenoxy) is 1. The lowest BCUT2D eigenvalue weighted by Gasteiger charge is -2.08. The molecule has 0 aliphatic carbocycles. The Morgan fingerprint density at radius 1 is 1.20 bits per heavy atom. The van der Waals surface area contributed by atoms with Crippen LogP contribution < -0.4 is 10.4 Å². The SMILES string of the molecule is O=c1[nH]c2ccccc2c2nc(-c3ccc(Br)cc3OC(F)F)nn12. The maximum atomic E-state index is 12.7. The largest absolute Gasteiger partial charge is 0.434 e. The second-order valence-electron chi connectivity index (χ2n) is 5.17. The first-order valence-electron chi connectivity index (χ1n) is 7.15. The van der Waals surface area contributed by atoms with Crippen molar-refractivity contribution in [3.05, 3.63) is 57.4 Å². The van der Waals surface area contributed by atoms with Gasteiger partial charge in [-0.3, -0.25) is 0 Å². The van der Waals surface area contributed by atoms with Gasteiger partial charge in [0.15, 0.2) is 11.5 Å². The van der Waals surface area contributed by atoms with Gasteiger partial charge in [0, 0.05) is 9.86 Å². The van der Waals surface area contributed by atoms with Crippen molar-refractivity contribution >= 4 is 32.5 Å². The summed E-state index contributed by atoms with van der Waals surface area (Å²) in [5.74, 6) is 0.0334. The molecular formula is C16H9BrF2N4O2. The fourth-order valence-electron chi connectivity index (χ4n) is 2.57. The summed E-state index contributed by atoms with van der Waals surface area (Å²) in [5, 5.41) is 4.84. The lowest BCUT2D eigenvalue weighted by Crippen LogP contribution is -2.17. The highest BCUT2D eigenvalue weighted by Crippen LogP contribution is 2.32. The number of aromatic nitrogens is 4. The lowest BCUT2D eigenvalue weighted by atomic mass is 10.2. The Kier molecular flexibility index (Phi) is 3.72. The number of halogens is 3. The molecule has 9 heteroatoms. The summed E-state index contributed by atoms with van der Waals surface area (Å²) in [7, 11) is 0. The number of H-pyrrole nitrogens is 1. The molecule has 2 aromatic carbocycles. The highest BCUT2D eigenvalue weighted by Gasteiger charge is 2.18. The van der Waals surface area contributed by atoms with E-state index in [4.69, 9.17) is 0 Å². The Labute approximate surface area is 147 Å². The third-order valence-corrected chi connectivity index (χ3v) is 4.10. The quantitative estimate of drug-likeness (QED) is 0.564. The number of rotatable bonds is 3. The number of benzene rings is 2. The van der Waals surface area contributed by atoms with Crippen LogP contribution in [-0.2, 0) is 0 Å². The van der Waals surface area contributed by atoms with Gasteiger partial charge in [-0.1, -0.05) is 28.1 Å². The van der Waals surface area contributed by atoms with Gasteiger partial charge in [0.1, 0.15) is 5.75 Å². The second kappa shape index (κ2) is 5.92. The van der Waals surface area contributed by atoms with Gasteiger partial charge in [0.05, 0.1) is 11.1 Å². The highest BCUT2D eigenvalue weighted by atomic mass is 79.9. The Morgan fingerprint density at radius 3 is 2.80 bits per heavy atom. The molecule has 0 amide bonds. The van der Waals surface area contributed by atoms with E-state index in [1.54, 1.807) is 36.4 Å². The number of hydrogen-bond acceptors (Lipinski definition) is 4. The predicted molar refractivity (Wildman–Crippen MR) is 90.9 cm³/mol. The number of aromatic amines is 1. The van der Waals surface area contributed by atoms with E-state index in [1.807, 2.05) is 0 Å². The molecule has 1 N–H and O–H groups in total. The molecule has 25 heavy (non-hydrogen) atoms. The standard InChI is InChI=1S/C16H9BrF2N4O2/c17-8-5-6-10(12(7-8)25-15(18)19)13-21-14-9-3-1-2-4-11(9)20-16(24)23(14)22-13/h1-7,15H,(H,20,24). The van der Waals surface area contributed by atoms with Gasteiger partial charge in [0.25, 0.3) is 0 Å². The molecule has 0 saturated heterocycles. The summed E-state index contributed by atoms with van der Waals surface area (Å²) in [5.41, 5.74) is 0.732. The minimum absolute atomic E-state index is 0.0824. The molecule has 4 aromatic rings. The molecule has 0 saturated carbocycles. The monoisotopic (exact) mass is 406 g/mol. The Bertz CT molecular complexity index is 1160. The van der Waals surface area contributed by atoms with Crippen molar-refractivity contribution in [2.45, 2.75) is 6.61 Å². The number of para-hydroxylation sites is 1. The smallest absolute Gasteiger partial charge is 0.387 e. The second-order valence-corrected chi connectivity index (χ2v) is 6.08. The van der Waals surface area contributed by atoms with Crippen molar-refractivity contribution in [2.75, 3.05) is 0 Å². The fourth-order valence-corrected chi connectivity index (χ4v) is 2.91. The van der Waals surface area contributed by atoms with Crippen molar-refractivity contribution in [3.63, 3.8) is 0 Å². The molecule has 2 heterocycles. The molecular weight excluding hydrogens is 398 g/mol. The Balaban J connectivity index is 1.98. The van der Waals surface area contributed by atoms with Crippen molar-refractivity contribution in [2.24, 2.45) is 0 Å². The molecule has 2 aromatic heterocycles. The predicted octanol–water partition coefficient (Wildman–Crippen LogP) is 3.60. The molecule has 0 atom stereocenters. The molecule has 126 valence electrons. The van der Waals surface area contributed by atoms with Gasteiger partial charge < -0.3 is 9.72 Å². The molecule has 0 spiro atoms. The normalized spacial score (nSPS) is 11.5. The maximum Gasteiger partial charge on any atom is 0.387 e. The summed E-state index contributed by atoms with van der Waals surface area (Å²) in [4.78, 5) is 19.3. The van der Waals surface area contributed by atoms with Gasteiger partial charge in [-0.25, -0.2) is 9.78 Å². The summed E-state index contributed by atoms with van der Waals surface area (Å²) >= 11 is 3.21. The highest BCUT2D eigenvalue weighted by molar-refractivity contribution is 9.10. The average molecular weight is 407 g/mol. The Hall–Kier alpha value is -2.81. The molecule has 0 aliphatic heterocycles. The van der Waals surface area contributed by atoms with Crippen LogP contribution in [0.3, 0.4) is 0 Å². The number of fused-ring (bicyclic) bond motifs is 3. The molecule has 0 bridgehead atoms. The van der Waals surface area contributed by atoms with E-state index in [-0.39, 0.29) is 17.1 Å². The van der Waals surface area contributed by atoms with Gasteiger partial charge in [-0.2, -0.15) is 13.3 Å². The van der Waals surface area contributed by atoms with Crippen molar-refractivity contribution in [3.8, 4) is 17.1 Å². The summed E-state index contributed by atoms with van der Waals surface area (Å²) < 4.78 is 31.6. The summed E-state index contributed by atoms with van der Waals surface area (Å²) in [6.45, 7) is -2.99. The zero-order chi connectivity index (χ0) is 17.6. The first-order valence-corrected chi connectivity index (χ1v) is 7.95. The Morgan fingerprint density at radius 2 is 2.00 bits per heavy atom. The van der Waals surface area contributed by atoms with Gasteiger partial charge in [-0.15, -0.1) is 5.10 Å². The van der Waals surface area contributed by atoms with Crippen LogP contribution in [0.2, 0.25) is 0 Å². The number of hydrogen-bond donors (Lipinski definition) is 1. The van der Waals surface area contributed by atoms with E-state index < -0.39 is 12.3 Å². The number of alkyl halides is 2. The van der Waals surface area contributed by atoms with Crippen LogP contribution in [0.5, 0.6) is 5.75 Å². The fraction of sp³-hybridized carbons (Fsp3) is 0.0625. The van der Waals surface area contributed by atoms with E-state index in [0.717, 1.165) is 4.52 Å². The van der Waals surface area contributed by atoms with Crippen LogP contribution in [0.25, 0.3) is 27.9 Å². The van der Waals surface area contributed by atoms with Gasteiger partial charge >= 0.3 is 12.3 Å². The minimum Gasteiger partial charge on any atom is -0.434 e. The zero-order valence-electron chi connectivity index (χ0n) is 12.4. The van der Waals surface area contributed by atoms with E-state index in [1.165, 1.54) is 6.07 Å². The van der Waals surface area contributed by atoms with Crippen LogP contribution in [0.15, 0.2) is 51.7 Å². The summed E-state index contributed by atoms with van der Waals surface area (Å²) in [6, 6.07) is 11.7. The average Bonchev–Trinajstić information content (AvgIpc) is 3.00. The van der Waals surface area contributed by atoms with Crippen LogP contribution in [0, 0.1) is 0 Å². The van der Waals surface area contributed by atoms with E-state index in [2.05, 4.69) is 35.7 Å². The van der Waals surface area contributed by atoms with Crippen LogP contribution in [0.1, 0.15) is 0 Å². The van der Waals surface area contributed by atoms with Crippen molar-refractivity contribution < 1.29 is 13.5 Å². The van der Waals surface area contributed by atoms with Gasteiger partial charge in [0.2, 0.25) is 0 Å². The van der Waals surface area contributed by atoms with E-state index in [0.29, 0.717) is 21.0 Å². The van der Waals surface area contributed by atoms with Crippen molar-refractivity contribution in [1.29, 1.82) is 0 Å². The molecule has 4 rings (SSSR count). The third-order valence-electron chi connectivity index (χ3n) is 3.61. The maximum absolute atomic E-state index is 12.7. The third kappa shape index (κ3) is 2.76. The van der Waals surface area contributed by atoms with E-state index in [9.17, 15) is 13.6 Å². The summed E-state index contributed by atoms with van der Waals surface area (Å²) in [6.07, 6.45) is 0. The van der Waals surface area contributed by atoms with Crippen molar-refractivity contribution in [1.82, 2.24) is 19.6 Å². The molecule has 0 fully saturated rings. The minimum atomic E-state index is -2.99. The topological polar surface area (TPSA) is 72.3 Å². The first-order chi connectivity index (χ1) is 12.0. The van der Waals surface area contributed by atoms with Crippen LogP contribution in [-0.4, -0.2) is 26.2 Å². The molecule has 0 unspecified atom stereocenters. The first kappa shape index (κ1) is 15.7. The van der Waals surface area contributed by atoms with Crippen LogP contribution >= 0.6 is 15.9 Å². The lowest BCUT2D eigenvalue weighted by molar-refractivity contribution is -0.0495. The zero-order valence-corrected chi connectivity index (χ0v) is 14.0. The number of nitrogens with zero attached hydrogens (tertiary/aromatic N) is 3. The van der Waals surface area contributed by atoms with E-state index >= 15 is 0 Å². The van der Waals surface area contributed by atoms with Gasteiger partial charge in [-0.05, 0) is 30.3 Å². The van der Waals surface area contributed by atoms with Crippen LogP contribution in [0.4, 0.5) is 8.78 Å². The molecule has 0 radical (unpaired) electrons. The number of nitrogens with one attached hydrogen (secondary N) is 1. The molecule has 0 aliphatic rings. The molecule has 6 nitrogen and oxygen atoms in total.